The Morgan fingerprint density at radius 2 is 2.00 bits per heavy atom. The van der Waals surface area contributed by atoms with Gasteiger partial charge in [-0.25, -0.2) is 4.98 Å². The maximum atomic E-state index is 9.13. The van der Waals surface area contributed by atoms with E-state index < -0.39 is 0 Å². The summed E-state index contributed by atoms with van der Waals surface area (Å²) >= 11 is 1.67. The highest BCUT2D eigenvalue weighted by molar-refractivity contribution is 7.13. The summed E-state index contributed by atoms with van der Waals surface area (Å²) in [5.74, 6) is 0. The third kappa shape index (κ3) is 3.62. The first-order chi connectivity index (χ1) is 9.10. The fourth-order valence-electron chi connectivity index (χ4n) is 1.76. The number of likely N-dealkylation sites (N-methyl/N-ethyl adjacent to an activating group) is 1. The van der Waals surface area contributed by atoms with Crippen molar-refractivity contribution in [1.29, 1.82) is 0 Å². The van der Waals surface area contributed by atoms with Crippen LogP contribution < -0.4 is 0 Å². The molecule has 0 fully saturated rings. The lowest BCUT2D eigenvalue weighted by atomic mass is 10.2. The van der Waals surface area contributed by atoms with Gasteiger partial charge in [-0.05, 0) is 20.9 Å². The van der Waals surface area contributed by atoms with Gasteiger partial charge in [-0.2, -0.15) is 0 Å². The molecule has 0 aliphatic carbocycles. The SMILES string of the molecule is Cc1ccc(-c2nc(CN(C)C(C)CO)cs2)cc1. The van der Waals surface area contributed by atoms with Gasteiger partial charge in [0.15, 0.2) is 0 Å². The van der Waals surface area contributed by atoms with Crippen LogP contribution in [0.1, 0.15) is 18.2 Å². The number of hydrogen-bond acceptors (Lipinski definition) is 4. The number of aliphatic hydroxyl groups is 1. The van der Waals surface area contributed by atoms with E-state index in [1.165, 1.54) is 11.1 Å². The summed E-state index contributed by atoms with van der Waals surface area (Å²) in [4.78, 5) is 6.77. The molecule has 1 aromatic heterocycles. The molecule has 4 heteroatoms. The molecule has 0 radical (unpaired) electrons. The Hall–Kier alpha value is -1.23. The predicted molar refractivity (Wildman–Crippen MR) is 80.3 cm³/mol. The molecule has 1 unspecified atom stereocenters. The summed E-state index contributed by atoms with van der Waals surface area (Å²) in [5, 5.41) is 12.3. The van der Waals surface area contributed by atoms with Crippen molar-refractivity contribution < 1.29 is 5.11 Å². The fraction of sp³-hybridized carbons (Fsp3) is 0.400. The van der Waals surface area contributed by atoms with Crippen LogP contribution >= 0.6 is 11.3 Å². The molecule has 0 aliphatic rings. The Morgan fingerprint density at radius 1 is 1.32 bits per heavy atom. The Kier molecular flexibility index (Phi) is 4.69. The second kappa shape index (κ2) is 6.28. The van der Waals surface area contributed by atoms with Crippen LogP contribution in [-0.2, 0) is 6.54 Å². The molecule has 0 saturated carbocycles. The van der Waals surface area contributed by atoms with Gasteiger partial charge >= 0.3 is 0 Å². The van der Waals surface area contributed by atoms with E-state index in [4.69, 9.17) is 5.11 Å². The summed E-state index contributed by atoms with van der Waals surface area (Å²) in [6, 6.07) is 8.59. The van der Waals surface area contributed by atoms with Gasteiger partial charge in [0.1, 0.15) is 5.01 Å². The molecule has 1 heterocycles. The molecule has 2 rings (SSSR count). The average molecular weight is 276 g/mol. The van der Waals surface area contributed by atoms with E-state index in [1.807, 2.05) is 14.0 Å². The molecule has 1 N–H and O–H groups in total. The topological polar surface area (TPSA) is 36.4 Å². The molecule has 1 aromatic carbocycles. The lowest BCUT2D eigenvalue weighted by Crippen LogP contribution is -2.31. The summed E-state index contributed by atoms with van der Waals surface area (Å²) in [6.07, 6.45) is 0. The van der Waals surface area contributed by atoms with Crippen LogP contribution in [0.15, 0.2) is 29.6 Å². The van der Waals surface area contributed by atoms with Crippen molar-refractivity contribution in [1.82, 2.24) is 9.88 Å². The number of thiazole rings is 1. The first-order valence-corrected chi connectivity index (χ1v) is 7.30. The van der Waals surface area contributed by atoms with Gasteiger partial charge in [0.2, 0.25) is 0 Å². The van der Waals surface area contributed by atoms with Gasteiger partial charge in [-0.3, -0.25) is 4.90 Å². The van der Waals surface area contributed by atoms with E-state index in [9.17, 15) is 0 Å². The van der Waals surface area contributed by atoms with Gasteiger partial charge in [0.25, 0.3) is 0 Å². The van der Waals surface area contributed by atoms with Gasteiger partial charge in [0, 0.05) is 23.5 Å². The highest BCUT2D eigenvalue weighted by Crippen LogP contribution is 2.24. The monoisotopic (exact) mass is 276 g/mol. The van der Waals surface area contributed by atoms with Gasteiger partial charge in [-0.1, -0.05) is 29.8 Å². The molecule has 19 heavy (non-hydrogen) atoms. The van der Waals surface area contributed by atoms with Crippen LogP contribution in [0.4, 0.5) is 0 Å². The highest BCUT2D eigenvalue weighted by Gasteiger charge is 2.11. The molecule has 1 atom stereocenters. The molecule has 2 aromatic rings. The van der Waals surface area contributed by atoms with Crippen LogP contribution in [0.3, 0.4) is 0 Å². The standard InChI is InChI=1S/C15H20N2OS/c1-11-4-6-13(7-5-11)15-16-14(10-19-15)8-17(3)12(2)9-18/h4-7,10,12,18H,8-9H2,1-3H3. The number of hydrogen-bond donors (Lipinski definition) is 1. The van der Waals surface area contributed by atoms with Crippen LogP contribution in [0, 0.1) is 6.92 Å². The highest BCUT2D eigenvalue weighted by atomic mass is 32.1. The second-order valence-corrected chi connectivity index (χ2v) is 5.81. The van der Waals surface area contributed by atoms with Gasteiger partial charge < -0.3 is 5.11 Å². The molecule has 0 saturated heterocycles. The second-order valence-electron chi connectivity index (χ2n) is 4.96. The van der Waals surface area contributed by atoms with Crippen molar-refractivity contribution in [2.24, 2.45) is 0 Å². The number of aliphatic hydroxyl groups excluding tert-OH is 1. The zero-order valence-electron chi connectivity index (χ0n) is 11.6. The Labute approximate surface area is 118 Å². The first-order valence-electron chi connectivity index (χ1n) is 6.42. The molecule has 0 bridgehead atoms. The van der Waals surface area contributed by atoms with Crippen molar-refractivity contribution >= 4 is 11.3 Å². The van der Waals surface area contributed by atoms with E-state index in [-0.39, 0.29) is 12.6 Å². The summed E-state index contributed by atoms with van der Waals surface area (Å²) < 4.78 is 0. The number of aryl methyl sites for hydroxylation is 1. The van der Waals surface area contributed by atoms with E-state index in [0.717, 1.165) is 17.2 Å². The minimum absolute atomic E-state index is 0.157. The van der Waals surface area contributed by atoms with Crippen LogP contribution in [0.25, 0.3) is 10.6 Å². The molecule has 0 amide bonds. The Balaban J connectivity index is 2.09. The third-order valence-electron chi connectivity index (χ3n) is 3.28. The van der Waals surface area contributed by atoms with E-state index in [1.54, 1.807) is 11.3 Å². The van der Waals surface area contributed by atoms with Gasteiger partial charge in [0.05, 0.1) is 12.3 Å². The molecular weight excluding hydrogens is 256 g/mol. The smallest absolute Gasteiger partial charge is 0.123 e. The number of aromatic nitrogens is 1. The molecule has 3 nitrogen and oxygen atoms in total. The lowest BCUT2D eigenvalue weighted by Gasteiger charge is -2.21. The third-order valence-corrected chi connectivity index (χ3v) is 4.22. The molecular formula is C15H20N2OS. The van der Waals surface area contributed by atoms with Crippen LogP contribution in [0.2, 0.25) is 0 Å². The Bertz CT molecular complexity index is 521. The number of benzene rings is 1. The largest absolute Gasteiger partial charge is 0.395 e. The molecule has 0 aliphatic heterocycles. The predicted octanol–water partition coefficient (Wildman–Crippen LogP) is 2.93. The summed E-state index contributed by atoms with van der Waals surface area (Å²) in [5.41, 5.74) is 3.49. The van der Waals surface area contributed by atoms with E-state index >= 15 is 0 Å². The summed E-state index contributed by atoms with van der Waals surface area (Å²) in [7, 11) is 2.01. The number of rotatable bonds is 5. The van der Waals surface area contributed by atoms with Crippen LogP contribution in [0.5, 0.6) is 0 Å². The van der Waals surface area contributed by atoms with Crippen molar-refractivity contribution in [3.05, 3.63) is 40.9 Å². The van der Waals surface area contributed by atoms with Crippen LogP contribution in [-0.4, -0.2) is 34.7 Å². The maximum Gasteiger partial charge on any atom is 0.123 e. The Morgan fingerprint density at radius 3 is 2.63 bits per heavy atom. The fourth-order valence-corrected chi connectivity index (χ4v) is 2.58. The average Bonchev–Trinajstić information content (AvgIpc) is 2.87. The van der Waals surface area contributed by atoms with E-state index in [2.05, 4.69) is 46.5 Å². The first kappa shape index (κ1) is 14.2. The normalized spacial score (nSPS) is 12.9. The lowest BCUT2D eigenvalue weighted by molar-refractivity contribution is 0.153. The minimum Gasteiger partial charge on any atom is -0.395 e. The number of nitrogens with zero attached hydrogens (tertiary/aromatic N) is 2. The van der Waals surface area contributed by atoms with Crippen molar-refractivity contribution in [2.45, 2.75) is 26.4 Å². The van der Waals surface area contributed by atoms with Crippen molar-refractivity contribution in [3.63, 3.8) is 0 Å². The minimum atomic E-state index is 0.157. The molecule has 0 spiro atoms. The van der Waals surface area contributed by atoms with Gasteiger partial charge in [-0.15, -0.1) is 11.3 Å². The van der Waals surface area contributed by atoms with Crippen molar-refractivity contribution in [3.8, 4) is 10.6 Å². The molecule has 102 valence electrons. The van der Waals surface area contributed by atoms with E-state index in [0.29, 0.717) is 0 Å². The quantitative estimate of drug-likeness (QED) is 0.912. The maximum absolute atomic E-state index is 9.13. The van der Waals surface area contributed by atoms with Crippen molar-refractivity contribution in [2.75, 3.05) is 13.7 Å². The zero-order valence-corrected chi connectivity index (χ0v) is 12.4. The summed E-state index contributed by atoms with van der Waals surface area (Å²) in [6.45, 7) is 5.03. The zero-order chi connectivity index (χ0) is 13.8.